The molecule has 400 valence electrons. The highest BCUT2D eigenvalue weighted by Crippen LogP contribution is 2.13. The van der Waals surface area contributed by atoms with E-state index in [4.69, 9.17) is 14.2 Å². The Kier molecular flexibility index (Phi) is 54.5. The normalized spacial score (nSPS) is 13.1. The fraction of sp³-hybridized carbons (Fsp3) is 0.615. The van der Waals surface area contributed by atoms with Gasteiger partial charge in [-0.25, -0.2) is 0 Å². The summed E-state index contributed by atoms with van der Waals surface area (Å²) in [5.74, 6) is -0.961. The van der Waals surface area contributed by atoms with Gasteiger partial charge in [0.1, 0.15) is 13.2 Å². The monoisotopic (exact) mass is 981 g/mol. The van der Waals surface area contributed by atoms with E-state index in [0.29, 0.717) is 19.3 Å². The molecular weight excluding hydrogens is 877 g/mol. The summed E-state index contributed by atoms with van der Waals surface area (Å²) < 4.78 is 16.7. The van der Waals surface area contributed by atoms with Crippen molar-refractivity contribution >= 4 is 17.9 Å². The van der Waals surface area contributed by atoms with Crippen LogP contribution in [-0.2, 0) is 28.6 Å². The van der Waals surface area contributed by atoms with E-state index in [0.717, 1.165) is 148 Å². The molecule has 0 aromatic heterocycles. The molecule has 0 aromatic carbocycles. The molecule has 0 rings (SSSR count). The Morgan fingerprint density at radius 3 is 0.887 bits per heavy atom. The average Bonchev–Trinajstić information content (AvgIpc) is 3.37. The molecule has 0 aliphatic carbocycles. The molecule has 0 aromatic rings. The SMILES string of the molecule is CC/C=C\C/C=C\C/C=C\C/C=C\C/C=C\C/C=C\C/C=C\C/C=C\C/C=C\CCCCCC(=O)OCC(COC(=O)CCCCCCC/C=C\CCCC)OC(=O)CCCCCCC/C=C\CCCC. The van der Waals surface area contributed by atoms with Gasteiger partial charge in [-0.15, -0.1) is 0 Å². The first-order chi connectivity index (χ1) is 35.0. The molecule has 0 aliphatic heterocycles. The summed E-state index contributed by atoms with van der Waals surface area (Å²) in [4.78, 5) is 38.0. The molecule has 0 saturated heterocycles. The third-order valence-corrected chi connectivity index (χ3v) is 11.6. The van der Waals surface area contributed by atoms with Crippen LogP contribution in [0.5, 0.6) is 0 Å². The van der Waals surface area contributed by atoms with Crippen molar-refractivity contribution in [2.75, 3.05) is 13.2 Å². The minimum absolute atomic E-state index is 0.0999. The summed E-state index contributed by atoms with van der Waals surface area (Å²) in [5.41, 5.74) is 0. The molecule has 71 heavy (non-hydrogen) atoms. The molecule has 0 aliphatic rings. The zero-order valence-electron chi connectivity index (χ0n) is 45.7. The van der Waals surface area contributed by atoms with Crippen LogP contribution in [-0.4, -0.2) is 37.2 Å². The second kappa shape index (κ2) is 58.1. The Morgan fingerprint density at radius 2 is 0.549 bits per heavy atom. The largest absolute Gasteiger partial charge is 0.462 e. The van der Waals surface area contributed by atoms with Gasteiger partial charge in [-0.05, 0) is 128 Å². The highest BCUT2D eigenvalue weighted by Gasteiger charge is 2.19. The molecule has 6 heteroatoms. The van der Waals surface area contributed by atoms with Crippen LogP contribution >= 0.6 is 0 Å². The topological polar surface area (TPSA) is 78.9 Å². The van der Waals surface area contributed by atoms with Gasteiger partial charge in [-0.3, -0.25) is 14.4 Å². The number of allylic oxidation sites excluding steroid dienone is 22. The lowest BCUT2D eigenvalue weighted by Crippen LogP contribution is -2.30. The summed E-state index contributed by atoms with van der Waals surface area (Å²) in [6.07, 6.45) is 81.7. The Hall–Kier alpha value is -4.45. The summed E-state index contributed by atoms with van der Waals surface area (Å²) >= 11 is 0. The second-order valence-electron chi connectivity index (χ2n) is 18.5. The predicted octanol–water partition coefficient (Wildman–Crippen LogP) is 19.4. The molecule has 0 heterocycles. The van der Waals surface area contributed by atoms with Crippen LogP contribution in [0.4, 0.5) is 0 Å². The predicted molar refractivity (Wildman–Crippen MR) is 306 cm³/mol. The van der Waals surface area contributed by atoms with Crippen LogP contribution in [0.1, 0.15) is 239 Å². The molecule has 0 saturated carbocycles. The van der Waals surface area contributed by atoms with Crippen LogP contribution < -0.4 is 0 Å². The summed E-state index contributed by atoms with van der Waals surface area (Å²) in [7, 11) is 0. The van der Waals surface area contributed by atoms with Crippen LogP contribution in [0.25, 0.3) is 0 Å². The quantitative estimate of drug-likeness (QED) is 0.0262. The molecule has 6 nitrogen and oxygen atoms in total. The molecule has 0 bridgehead atoms. The van der Waals surface area contributed by atoms with Crippen molar-refractivity contribution in [3.8, 4) is 0 Å². The molecule has 0 fully saturated rings. The van der Waals surface area contributed by atoms with Crippen molar-refractivity contribution in [1.29, 1.82) is 0 Å². The van der Waals surface area contributed by atoms with Crippen molar-refractivity contribution in [2.24, 2.45) is 0 Å². The van der Waals surface area contributed by atoms with Gasteiger partial charge in [0.25, 0.3) is 0 Å². The van der Waals surface area contributed by atoms with Gasteiger partial charge in [0, 0.05) is 19.3 Å². The standard InChI is InChI=1S/C65H104O6/c1-4-7-10-13-16-19-22-23-24-25-26-27-28-29-30-31-32-33-34-35-36-37-38-39-40-41-44-46-49-52-55-58-64(67)70-61-62(71-65(68)59-56-53-50-47-43-21-18-15-12-9-6-3)60-69-63(66)57-54-51-48-45-42-20-17-14-11-8-5-2/h7,10,14-19,23-24,26-27,29-30,32-33,35-36,38-39,41,44,62H,4-6,8-9,11-13,20-22,25,28,31,34,37,40,42-43,45-61H2,1-3H3/b10-7-,17-14-,18-15-,19-16-,24-23-,27-26-,30-29-,33-32-,36-35-,39-38-,44-41-. The molecule has 1 atom stereocenters. The van der Waals surface area contributed by atoms with E-state index < -0.39 is 6.10 Å². The van der Waals surface area contributed by atoms with Gasteiger partial charge < -0.3 is 14.2 Å². The molecule has 0 N–H and O–H groups in total. The number of carbonyl (C=O) groups excluding carboxylic acids is 3. The van der Waals surface area contributed by atoms with E-state index in [1.165, 1.54) is 51.4 Å². The number of rotatable bonds is 50. The first-order valence-corrected chi connectivity index (χ1v) is 28.7. The number of hydrogen-bond donors (Lipinski definition) is 0. The minimum atomic E-state index is -0.802. The smallest absolute Gasteiger partial charge is 0.306 e. The van der Waals surface area contributed by atoms with Crippen LogP contribution in [0.3, 0.4) is 0 Å². The fourth-order valence-corrected chi connectivity index (χ4v) is 7.28. The number of carbonyl (C=O) groups is 3. The van der Waals surface area contributed by atoms with Gasteiger partial charge in [0.05, 0.1) is 0 Å². The van der Waals surface area contributed by atoms with Crippen molar-refractivity contribution in [3.05, 3.63) is 134 Å². The first-order valence-electron chi connectivity index (χ1n) is 28.7. The highest BCUT2D eigenvalue weighted by molar-refractivity contribution is 5.71. The van der Waals surface area contributed by atoms with Crippen molar-refractivity contribution in [3.63, 3.8) is 0 Å². The van der Waals surface area contributed by atoms with E-state index in [-0.39, 0.29) is 31.1 Å². The maximum Gasteiger partial charge on any atom is 0.306 e. The molecule has 0 amide bonds. The number of hydrogen-bond acceptors (Lipinski definition) is 6. The number of ether oxygens (including phenoxy) is 3. The fourth-order valence-electron chi connectivity index (χ4n) is 7.28. The second-order valence-corrected chi connectivity index (χ2v) is 18.5. The minimum Gasteiger partial charge on any atom is -0.462 e. The van der Waals surface area contributed by atoms with Crippen LogP contribution in [0, 0.1) is 0 Å². The van der Waals surface area contributed by atoms with Gasteiger partial charge in [0.15, 0.2) is 6.10 Å². The Balaban J connectivity index is 4.31. The lowest BCUT2D eigenvalue weighted by Gasteiger charge is -2.18. The van der Waals surface area contributed by atoms with Crippen molar-refractivity contribution in [1.82, 2.24) is 0 Å². The van der Waals surface area contributed by atoms with Crippen molar-refractivity contribution < 1.29 is 28.6 Å². The summed E-state index contributed by atoms with van der Waals surface area (Å²) in [6.45, 7) is 6.39. The van der Waals surface area contributed by atoms with E-state index >= 15 is 0 Å². The molecular formula is C65H104O6. The maximum absolute atomic E-state index is 12.8. The molecule has 0 spiro atoms. The van der Waals surface area contributed by atoms with E-state index in [1.807, 2.05) is 0 Å². The maximum atomic E-state index is 12.8. The average molecular weight is 982 g/mol. The zero-order chi connectivity index (χ0) is 51.4. The van der Waals surface area contributed by atoms with Crippen molar-refractivity contribution in [2.45, 2.75) is 245 Å². The van der Waals surface area contributed by atoms with Crippen LogP contribution in [0.15, 0.2) is 134 Å². The number of unbranched alkanes of at least 4 members (excludes halogenated alkanes) is 17. The Morgan fingerprint density at radius 1 is 0.296 bits per heavy atom. The molecule has 1 unspecified atom stereocenters. The van der Waals surface area contributed by atoms with E-state index in [1.54, 1.807) is 0 Å². The van der Waals surface area contributed by atoms with Crippen LogP contribution in [0.2, 0.25) is 0 Å². The Bertz CT molecular complexity index is 1550. The summed E-state index contributed by atoms with van der Waals surface area (Å²) in [5, 5.41) is 0. The van der Waals surface area contributed by atoms with Gasteiger partial charge in [-0.2, -0.15) is 0 Å². The summed E-state index contributed by atoms with van der Waals surface area (Å²) in [6, 6.07) is 0. The molecule has 0 radical (unpaired) electrons. The highest BCUT2D eigenvalue weighted by atomic mass is 16.6. The van der Waals surface area contributed by atoms with E-state index in [9.17, 15) is 14.4 Å². The Labute approximate surface area is 436 Å². The zero-order valence-corrected chi connectivity index (χ0v) is 45.7. The van der Waals surface area contributed by atoms with Gasteiger partial charge in [0.2, 0.25) is 0 Å². The van der Waals surface area contributed by atoms with Gasteiger partial charge >= 0.3 is 17.9 Å². The lowest BCUT2D eigenvalue weighted by molar-refractivity contribution is -0.167. The third kappa shape index (κ3) is 56.3. The van der Waals surface area contributed by atoms with E-state index in [2.05, 4.69) is 154 Å². The third-order valence-electron chi connectivity index (χ3n) is 11.6. The van der Waals surface area contributed by atoms with Gasteiger partial charge in [-0.1, -0.05) is 225 Å². The number of esters is 3. The first kappa shape index (κ1) is 66.6. The lowest BCUT2D eigenvalue weighted by atomic mass is 10.1.